The van der Waals surface area contributed by atoms with Crippen LogP contribution in [-0.2, 0) is 6.42 Å². The Morgan fingerprint density at radius 2 is 2.05 bits per heavy atom. The maximum atomic E-state index is 6.42. The van der Waals surface area contributed by atoms with Crippen molar-refractivity contribution in [3.05, 3.63) is 29.0 Å². The summed E-state index contributed by atoms with van der Waals surface area (Å²) in [5.74, 6) is 1.66. The molecule has 108 valence electrons. The number of aryl methyl sites for hydroxylation is 1. The number of hydrogen-bond donors (Lipinski definition) is 0. The lowest BCUT2D eigenvalue weighted by Gasteiger charge is -2.31. The molecule has 0 amide bonds. The van der Waals surface area contributed by atoms with E-state index >= 15 is 0 Å². The summed E-state index contributed by atoms with van der Waals surface area (Å²) >= 11 is 12.4. The number of likely N-dealkylation sites (tertiary alicyclic amines) is 1. The van der Waals surface area contributed by atoms with Crippen LogP contribution in [0.3, 0.4) is 0 Å². The Morgan fingerprint density at radius 1 is 1.30 bits per heavy atom. The third kappa shape index (κ3) is 2.54. The Balaban J connectivity index is 2.08. The van der Waals surface area contributed by atoms with Gasteiger partial charge < -0.3 is 9.47 Å². The largest absolute Gasteiger partial charge is 0.324 e. The van der Waals surface area contributed by atoms with Crippen molar-refractivity contribution < 1.29 is 0 Å². The summed E-state index contributed by atoms with van der Waals surface area (Å²) in [6, 6.07) is 6.42. The number of imidazole rings is 1. The molecule has 0 bridgehead atoms. The highest BCUT2D eigenvalue weighted by Crippen LogP contribution is 2.32. The van der Waals surface area contributed by atoms with Crippen LogP contribution in [0, 0.1) is 0 Å². The van der Waals surface area contributed by atoms with Gasteiger partial charge in [-0.3, -0.25) is 0 Å². The number of piperidine rings is 1. The first kappa shape index (κ1) is 14.2. The number of alkyl halides is 1. The first-order valence-corrected chi connectivity index (χ1v) is 8.02. The molecule has 0 unspecified atom stereocenters. The summed E-state index contributed by atoms with van der Waals surface area (Å²) in [5, 5.41) is 0.787. The second-order valence-corrected chi connectivity index (χ2v) is 6.26. The van der Waals surface area contributed by atoms with Gasteiger partial charge in [0.2, 0.25) is 0 Å². The average molecular weight is 312 g/mol. The summed E-state index contributed by atoms with van der Waals surface area (Å²) in [7, 11) is 2.18. The highest BCUT2D eigenvalue weighted by atomic mass is 35.5. The molecule has 1 saturated heterocycles. The molecule has 1 fully saturated rings. The molecule has 2 aromatic rings. The first-order valence-electron chi connectivity index (χ1n) is 7.10. The number of para-hydroxylation sites is 1. The molecule has 0 radical (unpaired) electrons. The molecule has 3 rings (SSSR count). The third-order valence-electron chi connectivity index (χ3n) is 4.11. The van der Waals surface area contributed by atoms with Gasteiger partial charge in [0.15, 0.2) is 0 Å². The molecule has 0 aliphatic carbocycles. The average Bonchev–Trinajstić information content (AvgIpc) is 2.80. The minimum Gasteiger partial charge on any atom is -0.324 e. The maximum absolute atomic E-state index is 6.42. The predicted molar refractivity (Wildman–Crippen MR) is 84.9 cm³/mol. The van der Waals surface area contributed by atoms with Crippen molar-refractivity contribution in [2.45, 2.75) is 25.3 Å². The van der Waals surface area contributed by atoms with Gasteiger partial charge in [-0.25, -0.2) is 4.98 Å². The third-order valence-corrected chi connectivity index (χ3v) is 4.60. The smallest absolute Gasteiger partial charge is 0.111 e. The Hall–Kier alpha value is -0.770. The highest BCUT2D eigenvalue weighted by Gasteiger charge is 2.23. The van der Waals surface area contributed by atoms with E-state index in [1.54, 1.807) is 0 Å². The van der Waals surface area contributed by atoms with Crippen LogP contribution in [0.25, 0.3) is 11.0 Å². The fourth-order valence-electron chi connectivity index (χ4n) is 3.06. The van der Waals surface area contributed by atoms with Crippen molar-refractivity contribution in [2.75, 3.05) is 26.0 Å². The molecule has 1 aliphatic rings. The molecule has 0 saturated carbocycles. The molecule has 1 aliphatic heterocycles. The standard InChI is InChI=1S/C15H19Cl2N3/c1-19-9-6-11(7-10-19)20-14(5-8-16)18-13-4-2-3-12(17)15(13)20/h2-4,11H,5-10H2,1H3. The first-order chi connectivity index (χ1) is 9.70. The zero-order valence-corrected chi connectivity index (χ0v) is 13.2. The van der Waals surface area contributed by atoms with Crippen LogP contribution in [-0.4, -0.2) is 40.5 Å². The van der Waals surface area contributed by atoms with E-state index in [9.17, 15) is 0 Å². The second kappa shape index (κ2) is 5.92. The molecular formula is C15H19Cl2N3. The van der Waals surface area contributed by atoms with Crippen LogP contribution in [0.2, 0.25) is 5.02 Å². The number of halogens is 2. The van der Waals surface area contributed by atoms with Crippen molar-refractivity contribution in [3.8, 4) is 0 Å². The van der Waals surface area contributed by atoms with Crippen molar-refractivity contribution >= 4 is 34.2 Å². The van der Waals surface area contributed by atoms with Crippen molar-refractivity contribution in [3.63, 3.8) is 0 Å². The van der Waals surface area contributed by atoms with Gasteiger partial charge in [0.1, 0.15) is 5.82 Å². The van der Waals surface area contributed by atoms with E-state index in [0.29, 0.717) is 11.9 Å². The molecule has 0 spiro atoms. The second-order valence-electron chi connectivity index (χ2n) is 5.48. The summed E-state index contributed by atoms with van der Waals surface area (Å²) in [4.78, 5) is 7.11. The normalized spacial score (nSPS) is 17.9. The van der Waals surface area contributed by atoms with Gasteiger partial charge in [-0.2, -0.15) is 0 Å². The van der Waals surface area contributed by atoms with E-state index in [4.69, 9.17) is 28.2 Å². The lowest BCUT2D eigenvalue weighted by atomic mass is 10.0. The summed E-state index contributed by atoms with van der Waals surface area (Å²) in [5.41, 5.74) is 2.06. The molecule has 1 aromatic carbocycles. The number of benzene rings is 1. The van der Waals surface area contributed by atoms with Gasteiger partial charge in [-0.15, -0.1) is 11.6 Å². The monoisotopic (exact) mass is 311 g/mol. The van der Waals surface area contributed by atoms with Crippen molar-refractivity contribution in [1.82, 2.24) is 14.5 Å². The van der Waals surface area contributed by atoms with Crippen LogP contribution in [0.4, 0.5) is 0 Å². The van der Waals surface area contributed by atoms with Crippen LogP contribution in [0.5, 0.6) is 0 Å². The number of nitrogens with zero attached hydrogens (tertiary/aromatic N) is 3. The lowest BCUT2D eigenvalue weighted by Crippen LogP contribution is -2.32. The zero-order chi connectivity index (χ0) is 14.1. The van der Waals surface area contributed by atoms with Crippen LogP contribution < -0.4 is 0 Å². The van der Waals surface area contributed by atoms with Crippen LogP contribution in [0.15, 0.2) is 18.2 Å². The summed E-state index contributed by atoms with van der Waals surface area (Å²) < 4.78 is 2.34. The fourth-order valence-corrected chi connectivity index (χ4v) is 3.49. The quantitative estimate of drug-likeness (QED) is 0.805. The van der Waals surface area contributed by atoms with E-state index in [-0.39, 0.29) is 0 Å². The SMILES string of the molecule is CN1CCC(n2c(CCCl)nc3cccc(Cl)c32)CC1. The predicted octanol–water partition coefficient (Wildman–Crippen LogP) is 3.74. The van der Waals surface area contributed by atoms with E-state index in [1.165, 1.54) is 0 Å². The number of rotatable bonds is 3. The van der Waals surface area contributed by atoms with E-state index in [1.807, 2.05) is 18.2 Å². The van der Waals surface area contributed by atoms with Gasteiger partial charge in [0.25, 0.3) is 0 Å². The highest BCUT2D eigenvalue weighted by molar-refractivity contribution is 6.35. The van der Waals surface area contributed by atoms with E-state index in [2.05, 4.69) is 16.5 Å². The molecule has 20 heavy (non-hydrogen) atoms. The molecule has 3 nitrogen and oxygen atoms in total. The lowest BCUT2D eigenvalue weighted by molar-refractivity contribution is 0.221. The Bertz CT molecular complexity index is 600. The molecule has 5 heteroatoms. The van der Waals surface area contributed by atoms with Gasteiger partial charge in [-0.1, -0.05) is 17.7 Å². The maximum Gasteiger partial charge on any atom is 0.111 e. The Morgan fingerprint density at radius 3 is 2.75 bits per heavy atom. The van der Waals surface area contributed by atoms with E-state index < -0.39 is 0 Å². The molecule has 2 heterocycles. The fraction of sp³-hybridized carbons (Fsp3) is 0.533. The Kier molecular flexibility index (Phi) is 4.20. The zero-order valence-electron chi connectivity index (χ0n) is 11.6. The van der Waals surface area contributed by atoms with Crippen molar-refractivity contribution in [2.24, 2.45) is 0 Å². The number of aromatic nitrogens is 2. The topological polar surface area (TPSA) is 21.1 Å². The van der Waals surface area contributed by atoms with Gasteiger partial charge in [-0.05, 0) is 45.1 Å². The minimum atomic E-state index is 0.481. The van der Waals surface area contributed by atoms with Crippen LogP contribution >= 0.6 is 23.2 Å². The summed E-state index contributed by atoms with van der Waals surface area (Å²) in [6.07, 6.45) is 3.07. The Labute approximate surface area is 129 Å². The van der Waals surface area contributed by atoms with Gasteiger partial charge in [0.05, 0.1) is 16.1 Å². The minimum absolute atomic E-state index is 0.481. The number of fused-ring (bicyclic) bond motifs is 1. The summed E-state index contributed by atoms with van der Waals surface area (Å²) in [6.45, 7) is 2.24. The molecule has 1 aromatic heterocycles. The van der Waals surface area contributed by atoms with Crippen molar-refractivity contribution in [1.29, 1.82) is 0 Å². The van der Waals surface area contributed by atoms with E-state index in [0.717, 1.165) is 54.2 Å². The molecule has 0 atom stereocenters. The number of hydrogen-bond acceptors (Lipinski definition) is 2. The van der Waals surface area contributed by atoms with Gasteiger partial charge >= 0.3 is 0 Å². The van der Waals surface area contributed by atoms with Crippen LogP contribution in [0.1, 0.15) is 24.7 Å². The van der Waals surface area contributed by atoms with Gasteiger partial charge in [0, 0.05) is 18.3 Å². The molecular weight excluding hydrogens is 293 g/mol. The molecule has 0 N–H and O–H groups in total.